The Hall–Kier alpha value is -1.48. The molecule has 138 valence electrons. The Balaban J connectivity index is 1.93. The average Bonchev–Trinajstić information content (AvgIpc) is 3.07. The monoisotopic (exact) mass is 367 g/mol. The molecular weight excluding hydrogens is 342 g/mol. The summed E-state index contributed by atoms with van der Waals surface area (Å²) >= 11 is 0. The lowest BCUT2D eigenvalue weighted by molar-refractivity contribution is 0.0730. The van der Waals surface area contributed by atoms with Crippen LogP contribution in [0, 0.1) is 0 Å². The predicted molar refractivity (Wildman–Crippen MR) is 93.9 cm³/mol. The zero-order valence-corrected chi connectivity index (χ0v) is 15.3. The first kappa shape index (κ1) is 18.3. The minimum Gasteiger partial charge on any atom is -0.379 e. The molecule has 2 aliphatic rings. The first-order chi connectivity index (χ1) is 11.9. The van der Waals surface area contributed by atoms with Gasteiger partial charge in [-0.05, 0) is 30.5 Å². The van der Waals surface area contributed by atoms with E-state index >= 15 is 0 Å². The molecule has 0 aromatic heterocycles. The summed E-state index contributed by atoms with van der Waals surface area (Å²) in [6, 6.07) is 4.98. The van der Waals surface area contributed by atoms with E-state index in [1.54, 1.807) is 17.0 Å². The van der Waals surface area contributed by atoms with E-state index in [0.29, 0.717) is 51.4 Å². The second-order valence-electron chi connectivity index (χ2n) is 6.49. The second kappa shape index (κ2) is 7.41. The summed E-state index contributed by atoms with van der Waals surface area (Å²) in [4.78, 5) is 14.6. The van der Waals surface area contributed by atoms with Crippen LogP contribution in [0.4, 0.5) is 0 Å². The maximum absolute atomic E-state index is 13.0. The fourth-order valence-corrected chi connectivity index (χ4v) is 5.03. The largest absolute Gasteiger partial charge is 0.379 e. The van der Waals surface area contributed by atoms with Gasteiger partial charge >= 0.3 is 0 Å². The zero-order chi connectivity index (χ0) is 18.0. The number of benzene rings is 1. The molecule has 1 aromatic carbocycles. The number of rotatable bonds is 4. The minimum absolute atomic E-state index is 0.00424. The predicted octanol–water partition coefficient (Wildman–Crippen LogP) is 0.443. The van der Waals surface area contributed by atoms with E-state index in [1.165, 1.54) is 10.4 Å². The molecule has 3 rings (SSSR count). The molecule has 7 nitrogen and oxygen atoms in total. The summed E-state index contributed by atoms with van der Waals surface area (Å²) in [5, 5.41) is 0. The van der Waals surface area contributed by atoms with Gasteiger partial charge in [0, 0.05) is 37.8 Å². The zero-order valence-electron chi connectivity index (χ0n) is 14.5. The molecule has 1 aromatic rings. The maximum atomic E-state index is 13.0. The molecule has 2 fully saturated rings. The SMILES string of the molecule is CCc1ccc(C(=O)N2CC[C@@H](N)C2)cc1S(=O)(=O)N1CCOCC1. The number of hydrogen-bond donors (Lipinski definition) is 1. The topological polar surface area (TPSA) is 92.9 Å². The van der Waals surface area contributed by atoms with Crippen molar-refractivity contribution in [2.45, 2.75) is 30.7 Å². The van der Waals surface area contributed by atoms with Gasteiger partial charge in [-0.3, -0.25) is 4.79 Å². The van der Waals surface area contributed by atoms with Gasteiger partial charge in [-0.25, -0.2) is 8.42 Å². The molecule has 0 spiro atoms. The Morgan fingerprint density at radius 3 is 2.60 bits per heavy atom. The Kier molecular flexibility index (Phi) is 5.43. The van der Waals surface area contributed by atoms with Gasteiger partial charge in [0.15, 0.2) is 0 Å². The molecule has 0 aliphatic carbocycles. The van der Waals surface area contributed by atoms with Gasteiger partial charge in [0.25, 0.3) is 5.91 Å². The number of aryl methyl sites for hydroxylation is 1. The summed E-state index contributed by atoms with van der Waals surface area (Å²) < 4.78 is 32.8. The highest BCUT2D eigenvalue weighted by molar-refractivity contribution is 7.89. The number of sulfonamides is 1. The van der Waals surface area contributed by atoms with Gasteiger partial charge in [0.05, 0.1) is 18.1 Å². The highest BCUT2D eigenvalue weighted by Crippen LogP contribution is 2.24. The van der Waals surface area contributed by atoms with Crippen molar-refractivity contribution in [3.8, 4) is 0 Å². The lowest BCUT2D eigenvalue weighted by Gasteiger charge is -2.27. The smallest absolute Gasteiger partial charge is 0.253 e. The van der Waals surface area contributed by atoms with Crippen LogP contribution in [-0.2, 0) is 21.2 Å². The molecule has 25 heavy (non-hydrogen) atoms. The highest BCUT2D eigenvalue weighted by atomic mass is 32.2. The van der Waals surface area contributed by atoms with E-state index in [9.17, 15) is 13.2 Å². The molecule has 1 amide bonds. The van der Waals surface area contributed by atoms with E-state index in [4.69, 9.17) is 10.5 Å². The van der Waals surface area contributed by atoms with Crippen LogP contribution in [0.2, 0.25) is 0 Å². The van der Waals surface area contributed by atoms with Crippen molar-refractivity contribution in [2.75, 3.05) is 39.4 Å². The van der Waals surface area contributed by atoms with Gasteiger partial charge in [0.1, 0.15) is 0 Å². The number of hydrogen-bond acceptors (Lipinski definition) is 5. The third-order valence-corrected chi connectivity index (χ3v) is 6.78. The normalized spacial score (nSPS) is 22.3. The maximum Gasteiger partial charge on any atom is 0.253 e. The van der Waals surface area contributed by atoms with E-state index in [0.717, 1.165) is 12.0 Å². The van der Waals surface area contributed by atoms with Crippen LogP contribution >= 0.6 is 0 Å². The second-order valence-corrected chi connectivity index (χ2v) is 8.40. The Morgan fingerprint density at radius 1 is 1.28 bits per heavy atom. The molecule has 2 saturated heterocycles. The van der Waals surface area contributed by atoms with Crippen LogP contribution in [0.1, 0.15) is 29.3 Å². The van der Waals surface area contributed by atoms with Crippen LogP contribution < -0.4 is 5.73 Å². The summed E-state index contributed by atoms with van der Waals surface area (Å²) in [6.07, 6.45) is 1.36. The van der Waals surface area contributed by atoms with E-state index in [1.807, 2.05) is 6.92 Å². The first-order valence-corrected chi connectivity index (χ1v) is 10.1. The van der Waals surface area contributed by atoms with Gasteiger partial charge < -0.3 is 15.4 Å². The molecule has 0 unspecified atom stereocenters. The third kappa shape index (κ3) is 3.72. The van der Waals surface area contributed by atoms with E-state index in [-0.39, 0.29) is 16.8 Å². The number of ether oxygens (including phenoxy) is 1. The summed E-state index contributed by atoms with van der Waals surface area (Å²) in [5.74, 6) is -0.158. The Morgan fingerprint density at radius 2 is 2.00 bits per heavy atom. The Labute approximate surface area is 148 Å². The number of nitrogens with two attached hydrogens (primary N) is 1. The van der Waals surface area contributed by atoms with Gasteiger partial charge in [-0.1, -0.05) is 13.0 Å². The fraction of sp³-hybridized carbons (Fsp3) is 0.588. The number of likely N-dealkylation sites (tertiary alicyclic amines) is 1. The van der Waals surface area contributed by atoms with Crippen LogP contribution in [0.3, 0.4) is 0 Å². The lowest BCUT2D eigenvalue weighted by atomic mass is 10.1. The van der Waals surface area contributed by atoms with Crippen molar-refractivity contribution < 1.29 is 17.9 Å². The standard InChI is InChI=1S/C17H25N3O4S/c1-2-13-3-4-14(17(21)19-6-5-15(18)12-19)11-16(13)25(22,23)20-7-9-24-10-8-20/h3-4,11,15H,2,5-10,12,18H2,1H3/t15-/m1/s1. The highest BCUT2D eigenvalue weighted by Gasteiger charge is 2.30. The van der Waals surface area contributed by atoms with Crippen molar-refractivity contribution in [3.63, 3.8) is 0 Å². The molecule has 0 radical (unpaired) electrons. The number of carbonyl (C=O) groups is 1. The molecule has 2 heterocycles. The first-order valence-electron chi connectivity index (χ1n) is 8.69. The van der Waals surface area contributed by atoms with Crippen molar-refractivity contribution >= 4 is 15.9 Å². The molecular formula is C17H25N3O4S. The fourth-order valence-electron chi connectivity index (χ4n) is 3.30. The van der Waals surface area contributed by atoms with Crippen molar-refractivity contribution in [2.24, 2.45) is 5.73 Å². The number of nitrogens with zero attached hydrogens (tertiary/aromatic N) is 2. The molecule has 8 heteroatoms. The Bertz CT molecular complexity index is 744. The summed E-state index contributed by atoms with van der Waals surface area (Å²) in [6.45, 7) is 4.50. The van der Waals surface area contributed by atoms with Crippen LogP contribution in [-0.4, -0.2) is 69.0 Å². The molecule has 2 N–H and O–H groups in total. The van der Waals surface area contributed by atoms with Crippen molar-refractivity contribution in [1.82, 2.24) is 9.21 Å². The lowest BCUT2D eigenvalue weighted by Crippen LogP contribution is -2.41. The molecule has 2 aliphatic heterocycles. The number of carbonyl (C=O) groups excluding carboxylic acids is 1. The summed E-state index contributed by atoms with van der Waals surface area (Å²) in [7, 11) is -3.64. The van der Waals surface area contributed by atoms with E-state index < -0.39 is 10.0 Å². The van der Waals surface area contributed by atoms with Crippen LogP contribution in [0.5, 0.6) is 0 Å². The van der Waals surface area contributed by atoms with Gasteiger partial charge in [-0.2, -0.15) is 4.31 Å². The van der Waals surface area contributed by atoms with Gasteiger partial charge in [0.2, 0.25) is 10.0 Å². The molecule has 0 bridgehead atoms. The summed E-state index contributed by atoms with van der Waals surface area (Å²) in [5.41, 5.74) is 7.00. The number of morpholine rings is 1. The minimum atomic E-state index is -3.64. The quantitative estimate of drug-likeness (QED) is 0.834. The molecule has 1 atom stereocenters. The van der Waals surface area contributed by atoms with Crippen LogP contribution in [0.25, 0.3) is 0 Å². The van der Waals surface area contributed by atoms with Gasteiger partial charge in [-0.15, -0.1) is 0 Å². The molecule has 0 saturated carbocycles. The van der Waals surface area contributed by atoms with E-state index in [2.05, 4.69) is 0 Å². The average molecular weight is 367 g/mol. The third-order valence-electron chi connectivity index (χ3n) is 4.79. The van der Waals surface area contributed by atoms with Crippen molar-refractivity contribution in [3.05, 3.63) is 29.3 Å². The van der Waals surface area contributed by atoms with Crippen LogP contribution in [0.15, 0.2) is 23.1 Å². The number of amides is 1. The van der Waals surface area contributed by atoms with Crippen molar-refractivity contribution in [1.29, 1.82) is 0 Å².